The lowest BCUT2D eigenvalue weighted by Gasteiger charge is -2.45. The standard InChI is InChI=1S/C21H37BN2O3/c1-6-8-11-21(5)14-16(9-10-17(21)22)15-24(19(25)26)18(7-2)23-13-12-20(3,4)27/h7,13,16-17,27H,6,8-12,14-15H2,1-5H3,(H,25,26)/b18-7+,23-13-/t16?,17?,21-/m1/s1. The highest BCUT2D eigenvalue weighted by molar-refractivity contribution is 6.12. The molecule has 2 radical (unpaired) electrons. The Bertz CT molecular complexity index is 542. The maximum Gasteiger partial charge on any atom is 0.413 e. The van der Waals surface area contributed by atoms with Crippen LogP contribution < -0.4 is 0 Å². The lowest BCUT2D eigenvalue weighted by atomic mass is 9.55. The van der Waals surface area contributed by atoms with Crippen molar-refractivity contribution in [2.75, 3.05) is 6.54 Å². The van der Waals surface area contributed by atoms with Crippen molar-refractivity contribution in [2.24, 2.45) is 16.3 Å². The largest absolute Gasteiger partial charge is 0.465 e. The summed E-state index contributed by atoms with van der Waals surface area (Å²) in [4.78, 5) is 17.5. The van der Waals surface area contributed by atoms with Crippen LogP contribution in [-0.4, -0.2) is 47.4 Å². The molecule has 1 aliphatic rings. The van der Waals surface area contributed by atoms with Gasteiger partial charge >= 0.3 is 6.09 Å². The molecule has 2 unspecified atom stereocenters. The van der Waals surface area contributed by atoms with Gasteiger partial charge in [0.05, 0.1) is 13.4 Å². The van der Waals surface area contributed by atoms with E-state index in [1.54, 1.807) is 33.1 Å². The van der Waals surface area contributed by atoms with E-state index in [1.807, 2.05) is 0 Å². The summed E-state index contributed by atoms with van der Waals surface area (Å²) in [5.74, 6) is 0.878. The Labute approximate surface area is 166 Å². The van der Waals surface area contributed by atoms with Crippen molar-refractivity contribution >= 4 is 20.2 Å². The van der Waals surface area contributed by atoms with E-state index in [0.29, 0.717) is 18.8 Å². The summed E-state index contributed by atoms with van der Waals surface area (Å²) in [6.45, 7) is 10.1. The molecule has 3 atom stereocenters. The van der Waals surface area contributed by atoms with Crippen LogP contribution in [0.3, 0.4) is 0 Å². The third-order valence-electron chi connectivity index (χ3n) is 5.66. The van der Waals surface area contributed by atoms with Crippen LogP contribution in [0.25, 0.3) is 0 Å². The van der Waals surface area contributed by atoms with Gasteiger partial charge in [0.1, 0.15) is 5.82 Å². The second-order valence-corrected chi connectivity index (χ2v) is 8.88. The zero-order chi connectivity index (χ0) is 20.7. The van der Waals surface area contributed by atoms with Gasteiger partial charge < -0.3 is 10.2 Å². The first-order valence-corrected chi connectivity index (χ1v) is 10.2. The Morgan fingerprint density at radius 2 is 2.07 bits per heavy atom. The van der Waals surface area contributed by atoms with Crippen molar-refractivity contribution in [2.45, 2.75) is 91.0 Å². The molecule has 1 fully saturated rings. The van der Waals surface area contributed by atoms with E-state index in [0.717, 1.165) is 38.5 Å². The fourth-order valence-corrected chi connectivity index (χ4v) is 3.89. The van der Waals surface area contributed by atoms with Crippen molar-refractivity contribution in [1.82, 2.24) is 4.90 Å². The molecule has 0 aliphatic heterocycles. The minimum Gasteiger partial charge on any atom is -0.465 e. The minimum absolute atomic E-state index is 0.0728. The van der Waals surface area contributed by atoms with Crippen LogP contribution in [0.1, 0.15) is 79.6 Å². The summed E-state index contributed by atoms with van der Waals surface area (Å²) in [5, 5.41) is 19.5. The molecule has 5 nitrogen and oxygen atoms in total. The van der Waals surface area contributed by atoms with Gasteiger partial charge in [0.25, 0.3) is 0 Å². The number of hydrogen-bond donors (Lipinski definition) is 2. The van der Waals surface area contributed by atoms with E-state index in [2.05, 4.69) is 18.8 Å². The highest BCUT2D eigenvalue weighted by Gasteiger charge is 2.38. The van der Waals surface area contributed by atoms with E-state index in [4.69, 9.17) is 7.85 Å². The first-order valence-electron chi connectivity index (χ1n) is 10.2. The first kappa shape index (κ1) is 23.7. The van der Waals surface area contributed by atoms with Gasteiger partial charge in [-0.3, -0.25) is 4.90 Å². The summed E-state index contributed by atoms with van der Waals surface area (Å²) >= 11 is 0. The molecule has 0 heterocycles. The molecule has 0 saturated heterocycles. The van der Waals surface area contributed by atoms with Gasteiger partial charge in [-0.2, -0.15) is 0 Å². The van der Waals surface area contributed by atoms with Gasteiger partial charge in [0.2, 0.25) is 0 Å². The van der Waals surface area contributed by atoms with Gasteiger partial charge in [-0.15, -0.1) is 0 Å². The summed E-state index contributed by atoms with van der Waals surface area (Å²) in [6.07, 6.45) is 8.89. The van der Waals surface area contributed by atoms with Gasteiger partial charge in [0.15, 0.2) is 0 Å². The van der Waals surface area contributed by atoms with Crippen molar-refractivity contribution in [3.8, 4) is 0 Å². The van der Waals surface area contributed by atoms with Crippen molar-refractivity contribution in [1.29, 1.82) is 0 Å². The monoisotopic (exact) mass is 376 g/mol. The van der Waals surface area contributed by atoms with E-state index in [-0.39, 0.29) is 17.2 Å². The second kappa shape index (κ2) is 10.3. The number of rotatable bonds is 9. The molecular formula is C21H37BN2O3. The fraction of sp³-hybridized carbons (Fsp3) is 0.810. The van der Waals surface area contributed by atoms with E-state index < -0.39 is 11.7 Å². The maximum atomic E-state index is 11.9. The molecule has 2 N–H and O–H groups in total. The number of unbranched alkanes of at least 4 members (excludes halogenated alkanes) is 1. The zero-order valence-corrected chi connectivity index (χ0v) is 17.7. The molecule has 0 aromatic carbocycles. The zero-order valence-electron chi connectivity index (χ0n) is 17.7. The molecule has 152 valence electrons. The van der Waals surface area contributed by atoms with Crippen molar-refractivity contribution in [3.05, 3.63) is 11.9 Å². The molecule has 1 amide bonds. The average molecular weight is 376 g/mol. The van der Waals surface area contributed by atoms with Crippen LogP contribution in [0.5, 0.6) is 0 Å². The quantitative estimate of drug-likeness (QED) is 0.439. The van der Waals surface area contributed by atoms with Gasteiger partial charge in [-0.1, -0.05) is 38.9 Å². The molecule has 0 aromatic rings. The van der Waals surface area contributed by atoms with Crippen LogP contribution in [0.4, 0.5) is 4.79 Å². The predicted molar refractivity (Wildman–Crippen MR) is 112 cm³/mol. The minimum atomic E-state index is -0.992. The number of nitrogens with zero attached hydrogens (tertiary/aromatic N) is 2. The van der Waals surface area contributed by atoms with Crippen LogP contribution in [0.15, 0.2) is 16.9 Å². The summed E-state index contributed by atoms with van der Waals surface area (Å²) in [7, 11) is 6.41. The summed E-state index contributed by atoms with van der Waals surface area (Å²) in [5.41, 5.74) is -0.791. The van der Waals surface area contributed by atoms with Crippen molar-refractivity contribution < 1.29 is 15.0 Å². The van der Waals surface area contributed by atoms with Gasteiger partial charge in [-0.25, -0.2) is 9.79 Å². The summed E-state index contributed by atoms with van der Waals surface area (Å²) in [6, 6.07) is 0. The normalized spacial score (nSPS) is 27.1. The van der Waals surface area contributed by atoms with Crippen molar-refractivity contribution in [3.63, 3.8) is 0 Å². The molecule has 1 rings (SSSR count). The highest BCUT2D eigenvalue weighted by atomic mass is 16.4. The third-order valence-corrected chi connectivity index (χ3v) is 5.66. The van der Waals surface area contributed by atoms with Crippen LogP contribution in [0.2, 0.25) is 5.82 Å². The topological polar surface area (TPSA) is 73.1 Å². The first-order chi connectivity index (χ1) is 12.5. The Kier molecular flexibility index (Phi) is 9.06. The number of allylic oxidation sites excluding steroid dienone is 1. The van der Waals surface area contributed by atoms with E-state index >= 15 is 0 Å². The highest BCUT2D eigenvalue weighted by Crippen LogP contribution is 2.49. The predicted octanol–water partition coefficient (Wildman–Crippen LogP) is 5.01. The van der Waals surface area contributed by atoms with Gasteiger partial charge in [0, 0.05) is 19.2 Å². The molecule has 27 heavy (non-hydrogen) atoms. The molecule has 0 spiro atoms. The smallest absolute Gasteiger partial charge is 0.413 e. The van der Waals surface area contributed by atoms with E-state index in [1.165, 1.54) is 4.90 Å². The fourth-order valence-electron chi connectivity index (χ4n) is 3.89. The Morgan fingerprint density at radius 1 is 1.41 bits per heavy atom. The molecule has 1 saturated carbocycles. The molecule has 0 bridgehead atoms. The number of carbonyl (C=O) groups is 1. The number of aliphatic imine (C=N–C) groups is 1. The Morgan fingerprint density at radius 3 is 2.59 bits per heavy atom. The second-order valence-electron chi connectivity index (χ2n) is 8.88. The van der Waals surface area contributed by atoms with Crippen LogP contribution >= 0.6 is 0 Å². The Hall–Kier alpha value is -1.30. The van der Waals surface area contributed by atoms with Crippen LogP contribution in [-0.2, 0) is 0 Å². The maximum absolute atomic E-state index is 11.9. The van der Waals surface area contributed by atoms with Crippen LogP contribution in [0, 0.1) is 11.3 Å². The number of aliphatic hydroxyl groups is 1. The molecule has 6 heteroatoms. The lowest BCUT2D eigenvalue weighted by Crippen LogP contribution is -2.39. The lowest BCUT2D eigenvalue weighted by molar-refractivity contribution is 0.0896. The molecule has 1 aliphatic carbocycles. The number of amides is 1. The summed E-state index contributed by atoms with van der Waals surface area (Å²) < 4.78 is 0. The van der Waals surface area contributed by atoms with E-state index in [9.17, 15) is 15.0 Å². The molecular weight excluding hydrogens is 339 g/mol. The number of hydrogen-bond acceptors (Lipinski definition) is 3. The average Bonchev–Trinajstić information content (AvgIpc) is 2.57. The SMILES string of the molecule is [B]C1CCC(CN(C(=O)O)C(=C/C)/N=C\CC(C)(C)O)C[C@@]1(C)CCCC. The third kappa shape index (κ3) is 7.69. The van der Waals surface area contributed by atoms with Gasteiger partial charge in [-0.05, 0) is 57.4 Å². The number of carboxylic acid groups (broad SMARTS) is 1. The Balaban J connectivity index is 2.85. The molecule has 0 aromatic heterocycles.